The molecule has 2 amide bonds. The van der Waals surface area contributed by atoms with Crippen molar-refractivity contribution >= 4 is 17.5 Å². The number of hydrogen-bond donors (Lipinski definition) is 2. The second-order valence-corrected chi connectivity index (χ2v) is 6.84. The van der Waals surface area contributed by atoms with Crippen LogP contribution in [0.1, 0.15) is 18.4 Å². The van der Waals surface area contributed by atoms with Crippen molar-refractivity contribution in [3.63, 3.8) is 0 Å². The first-order valence-electron chi connectivity index (χ1n) is 9.08. The molecule has 0 aliphatic carbocycles. The van der Waals surface area contributed by atoms with Crippen molar-refractivity contribution in [1.82, 2.24) is 20.4 Å². The summed E-state index contributed by atoms with van der Waals surface area (Å²) in [5.41, 5.74) is 1.35. The molecule has 0 bridgehead atoms. The minimum absolute atomic E-state index is 0.0253. The van der Waals surface area contributed by atoms with E-state index in [1.807, 2.05) is 36.5 Å². The summed E-state index contributed by atoms with van der Waals surface area (Å²) in [4.78, 5) is 27.0. The van der Waals surface area contributed by atoms with Crippen LogP contribution < -0.4 is 15.5 Å². The zero-order chi connectivity index (χ0) is 18.0. The van der Waals surface area contributed by atoms with Crippen LogP contribution in [-0.4, -0.2) is 47.8 Å². The number of carbonyl (C=O) groups excluding carboxylic acids is 2. The molecule has 0 radical (unpaired) electrons. The highest BCUT2D eigenvalue weighted by atomic mass is 16.2. The molecule has 0 saturated carbocycles. The van der Waals surface area contributed by atoms with E-state index >= 15 is 0 Å². The van der Waals surface area contributed by atoms with Gasteiger partial charge in [0.2, 0.25) is 11.8 Å². The van der Waals surface area contributed by atoms with Crippen molar-refractivity contribution in [2.75, 3.05) is 31.1 Å². The van der Waals surface area contributed by atoms with Crippen LogP contribution in [0.2, 0.25) is 0 Å². The van der Waals surface area contributed by atoms with Crippen molar-refractivity contribution in [2.24, 2.45) is 0 Å². The van der Waals surface area contributed by atoms with Gasteiger partial charge in [0.25, 0.3) is 0 Å². The maximum atomic E-state index is 13.0. The lowest BCUT2D eigenvalue weighted by atomic mass is 9.87. The van der Waals surface area contributed by atoms with E-state index in [0.29, 0.717) is 32.4 Å². The molecular weight excluding hydrogens is 330 g/mol. The quantitative estimate of drug-likeness (QED) is 0.828. The lowest BCUT2D eigenvalue weighted by molar-refractivity contribution is -0.132. The molecule has 1 fully saturated rings. The summed E-state index contributed by atoms with van der Waals surface area (Å²) >= 11 is 0. The summed E-state index contributed by atoms with van der Waals surface area (Å²) in [6.45, 7) is 2.47. The maximum absolute atomic E-state index is 13.0. The number of nitrogens with one attached hydrogen (secondary N) is 2. The Morgan fingerprint density at radius 2 is 2.04 bits per heavy atom. The molecule has 26 heavy (non-hydrogen) atoms. The van der Waals surface area contributed by atoms with Gasteiger partial charge in [-0.2, -0.15) is 5.10 Å². The summed E-state index contributed by atoms with van der Waals surface area (Å²) in [6.07, 6.45) is 5.40. The third kappa shape index (κ3) is 2.88. The van der Waals surface area contributed by atoms with Gasteiger partial charge in [-0.15, -0.1) is 0 Å². The smallest absolute Gasteiger partial charge is 0.248 e. The van der Waals surface area contributed by atoms with Crippen LogP contribution in [0.5, 0.6) is 0 Å². The number of fused-ring (bicyclic) bond motifs is 1. The normalized spacial score (nSPS) is 18.6. The zero-order valence-electron chi connectivity index (χ0n) is 14.6. The number of benzene rings is 1. The largest absolute Gasteiger partial charge is 0.352 e. The highest BCUT2D eigenvalue weighted by Gasteiger charge is 2.41. The van der Waals surface area contributed by atoms with Gasteiger partial charge < -0.3 is 15.5 Å². The van der Waals surface area contributed by atoms with Crippen LogP contribution in [0, 0.1) is 0 Å². The van der Waals surface area contributed by atoms with E-state index in [0.717, 1.165) is 24.3 Å². The van der Waals surface area contributed by atoms with E-state index in [2.05, 4.69) is 15.7 Å². The van der Waals surface area contributed by atoms with Crippen LogP contribution in [0.25, 0.3) is 0 Å². The molecule has 7 heteroatoms. The van der Waals surface area contributed by atoms with Gasteiger partial charge in [-0.3, -0.25) is 14.3 Å². The van der Waals surface area contributed by atoms with Crippen molar-refractivity contribution in [3.05, 3.63) is 48.3 Å². The van der Waals surface area contributed by atoms with Gasteiger partial charge in [0.1, 0.15) is 5.54 Å². The lowest BCUT2D eigenvalue weighted by Gasteiger charge is -2.36. The molecule has 1 aromatic heterocycles. The highest BCUT2D eigenvalue weighted by Crippen LogP contribution is 2.29. The Kier molecular flexibility index (Phi) is 4.46. The van der Waals surface area contributed by atoms with Gasteiger partial charge in [-0.05, 0) is 43.6 Å². The molecular formula is C19H23N5O2. The third-order valence-electron chi connectivity index (χ3n) is 5.34. The molecule has 4 rings (SSSR count). The van der Waals surface area contributed by atoms with Crippen LogP contribution in [0.4, 0.5) is 5.69 Å². The van der Waals surface area contributed by atoms with Gasteiger partial charge in [0, 0.05) is 31.2 Å². The number of amides is 2. The zero-order valence-corrected chi connectivity index (χ0v) is 14.6. The van der Waals surface area contributed by atoms with Gasteiger partial charge >= 0.3 is 0 Å². The summed E-state index contributed by atoms with van der Waals surface area (Å²) in [5, 5.41) is 10.7. The summed E-state index contributed by atoms with van der Waals surface area (Å²) in [7, 11) is 0. The molecule has 2 aromatic rings. The SMILES string of the molecule is O=C1Cc2ccccc2N1CCNC(=O)C1(n2cccn2)CCNCC1. The molecule has 2 aliphatic heterocycles. The Morgan fingerprint density at radius 3 is 2.81 bits per heavy atom. The summed E-state index contributed by atoms with van der Waals surface area (Å²) in [6, 6.07) is 9.66. The van der Waals surface area contributed by atoms with Crippen LogP contribution in [-0.2, 0) is 21.5 Å². The van der Waals surface area contributed by atoms with Gasteiger partial charge in [-0.1, -0.05) is 18.2 Å². The van der Waals surface area contributed by atoms with Gasteiger partial charge in [0.15, 0.2) is 0 Å². The maximum Gasteiger partial charge on any atom is 0.248 e. The molecule has 7 nitrogen and oxygen atoms in total. The van der Waals surface area contributed by atoms with Gasteiger partial charge in [-0.25, -0.2) is 0 Å². The molecule has 136 valence electrons. The molecule has 2 aliphatic rings. The second-order valence-electron chi connectivity index (χ2n) is 6.84. The van der Waals surface area contributed by atoms with Crippen molar-refractivity contribution in [2.45, 2.75) is 24.8 Å². The number of anilines is 1. The van der Waals surface area contributed by atoms with E-state index in [1.165, 1.54) is 0 Å². The summed E-state index contributed by atoms with van der Waals surface area (Å²) < 4.78 is 1.78. The van der Waals surface area contributed by atoms with E-state index in [-0.39, 0.29) is 11.8 Å². The molecule has 2 N–H and O–H groups in total. The predicted octanol–water partition coefficient (Wildman–Crippen LogP) is 0.667. The number of nitrogens with zero attached hydrogens (tertiary/aromatic N) is 3. The monoisotopic (exact) mass is 353 g/mol. The predicted molar refractivity (Wildman–Crippen MR) is 97.8 cm³/mol. The number of hydrogen-bond acceptors (Lipinski definition) is 4. The fourth-order valence-corrected chi connectivity index (χ4v) is 3.93. The number of aromatic nitrogens is 2. The van der Waals surface area contributed by atoms with Crippen molar-refractivity contribution in [1.29, 1.82) is 0 Å². The number of carbonyl (C=O) groups is 2. The minimum Gasteiger partial charge on any atom is -0.352 e. The first-order chi connectivity index (χ1) is 12.7. The van der Waals surface area contributed by atoms with Crippen LogP contribution in [0.15, 0.2) is 42.7 Å². The second kappa shape index (κ2) is 6.92. The Morgan fingerprint density at radius 1 is 1.23 bits per heavy atom. The fraction of sp³-hybridized carbons (Fsp3) is 0.421. The number of piperidine rings is 1. The Hall–Kier alpha value is -2.67. The van der Waals surface area contributed by atoms with E-state index in [4.69, 9.17) is 0 Å². The standard InChI is InChI=1S/C19H23N5O2/c25-17-14-15-4-1-2-5-16(15)23(17)13-11-21-18(26)19(6-9-20-10-7-19)24-12-3-8-22-24/h1-5,8,12,20H,6-7,9-11,13-14H2,(H,21,26). The number of rotatable bonds is 5. The first kappa shape index (κ1) is 16.8. The van der Waals surface area contributed by atoms with E-state index in [9.17, 15) is 9.59 Å². The molecule has 0 unspecified atom stereocenters. The Labute approximate surface area is 152 Å². The van der Waals surface area contributed by atoms with Gasteiger partial charge in [0.05, 0.1) is 6.42 Å². The molecule has 1 saturated heterocycles. The molecule has 3 heterocycles. The Balaban J connectivity index is 1.43. The summed E-state index contributed by atoms with van der Waals surface area (Å²) in [5.74, 6) is 0.0618. The van der Waals surface area contributed by atoms with Crippen LogP contribution in [0.3, 0.4) is 0 Å². The van der Waals surface area contributed by atoms with E-state index in [1.54, 1.807) is 15.8 Å². The van der Waals surface area contributed by atoms with Crippen molar-refractivity contribution in [3.8, 4) is 0 Å². The molecule has 1 aromatic carbocycles. The number of para-hydroxylation sites is 1. The van der Waals surface area contributed by atoms with E-state index < -0.39 is 5.54 Å². The average molecular weight is 353 g/mol. The molecule has 0 atom stereocenters. The van der Waals surface area contributed by atoms with Crippen molar-refractivity contribution < 1.29 is 9.59 Å². The fourth-order valence-electron chi connectivity index (χ4n) is 3.93. The topological polar surface area (TPSA) is 79.3 Å². The van der Waals surface area contributed by atoms with Crippen LogP contribution >= 0.6 is 0 Å². The Bertz CT molecular complexity index is 796. The average Bonchev–Trinajstić information content (AvgIpc) is 3.31. The first-order valence-corrected chi connectivity index (χ1v) is 9.08. The lowest BCUT2D eigenvalue weighted by Crippen LogP contribution is -2.55. The minimum atomic E-state index is -0.651. The third-order valence-corrected chi connectivity index (χ3v) is 5.34. The molecule has 0 spiro atoms. The highest BCUT2D eigenvalue weighted by molar-refractivity contribution is 6.01.